The van der Waals surface area contributed by atoms with Crippen LogP contribution in [0, 0.1) is 0 Å². The summed E-state index contributed by atoms with van der Waals surface area (Å²) in [5.74, 6) is 0.246. The molecule has 2 N–H and O–H groups in total. The first-order chi connectivity index (χ1) is 9.24. The Labute approximate surface area is 112 Å². The summed E-state index contributed by atoms with van der Waals surface area (Å²) >= 11 is 0. The van der Waals surface area contributed by atoms with Crippen molar-refractivity contribution in [3.05, 3.63) is 24.3 Å². The molecule has 0 saturated carbocycles. The number of nitrogens with two attached hydrogens (primary N) is 1. The predicted octanol–water partition coefficient (Wildman–Crippen LogP) is 0.854. The van der Waals surface area contributed by atoms with E-state index in [9.17, 15) is 4.79 Å². The predicted molar refractivity (Wildman–Crippen MR) is 70.0 cm³/mol. The number of para-hydroxylation sites is 2. The number of carbonyl (C=O) groups is 1. The number of methoxy groups -OCH3 is 1. The summed E-state index contributed by atoms with van der Waals surface area (Å²) in [6, 6.07) is 7.27. The Hall–Kier alpha value is -1.79. The Morgan fingerprint density at radius 2 is 1.79 bits per heavy atom. The lowest BCUT2D eigenvalue weighted by Gasteiger charge is -2.09. The largest absolute Gasteiger partial charge is 0.489 e. The van der Waals surface area contributed by atoms with E-state index in [4.69, 9.17) is 19.9 Å². The first-order valence-electron chi connectivity index (χ1n) is 5.93. The summed E-state index contributed by atoms with van der Waals surface area (Å²) in [6.45, 7) is 1.51. The highest BCUT2D eigenvalue weighted by molar-refractivity contribution is 5.70. The van der Waals surface area contributed by atoms with E-state index < -0.39 is 5.97 Å². The Morgan fingerprint density at radius 3 is 2.53 bits per heavy atom. The lowest BCUT2D eigenvalue weighted by atomic mass is 10.3. The van der Waals surface area contributed by atoms with E-state index in [2.05, 4.69) is 4.74 Å². The number of hydrogen-bond acceptors (Lipinski definition) is 6. The number of esters is 1. The van der Waals surface area contributed by atoms with E-state index in [0.29, 0.717) is 37.9 Å². The molecule has 0 fully saturated rings. The van der Waals surface area contributed by atoms with Gasteiger partial charge < -0.3 is 24.7 Å². The van der Waals surface area contributed by atoms with Gasteiger partial charge in [-0.05, 0) is 12.1 Å². The standard InChI is InChI=1S/C13H19NO5/c1-16-13(15)10-18-7-6-17-8-9-19-12-5-3-2-4-11(12)14/h2-5H,6-10,14H2,1H3. The zero-order chi connectivity index (χ0) is 13.9. The zero-order valence-electron chi connectivity index (χ0n) is 11.0. The van der Waals surface area contributed by atoms with Crippen molar-refractivity contribution in [3.63, 3.8) is 0 Å². The normalized spacial score (nSPS) is 10.2. The van der Waals surface area contributed by atoms with Gasteiger partial charge in [-0.1, -0.05) is 12.1 Å². The van der Waals surface area contributed by atoms with E-state index in [0.717, 1.165) is 0 Å². The smallest absolute Gasteiger partial charge is 0.331 e. The number of ether oxygens (including phenoxy) is 4. The van der Waals surface area contributed by atoms with Crippen molar-refractivity contribution in [2.24, 2.45) is 0 Å². The molecule has 0 aromatic heterocycles. The second-order valence-electron chi connectivity index (χ2n) is 3.63. The number of nitrogen functional groups attached to an aromatic ring is 1. The van der Waals surface area contributed by atoms with Crippen LogP contribution in [0.5, 0.6) is 5.75 Å². The van der Waals surface area contributed by atoms with Crippen LogP contribution >= 0.6 is 0 Å². The zero-order valence-corrected chi connectivity index (χ0v) is 11.0. The fourth-order valence-electron chi connectivity index (χ4n) is 1.26. The Kier molecular flexibility index (Phi) is 7.38. The monoisotopic (exact) mass is 269 g/mol. The minimum atomic E-state index is -0.400. The molecule has 0 heterocycles. The maximum Gasteiger partial charge on any atom is 0.331 e. The highest BCUT2D eigenvalue weighted by Crippen LogP contribution is 2.19. The van der Waals surface area contributed by atoms with E-state index in [1.807, 2.05) is 12.1 Å². The van der Waals surface area contributed by atoms with Crippen molar-refractivity contribution in [2.45, 2.75) is 0 Å². The summed E-state index contributed by atoms with van der Waals surface area (Å²) < 4.78 is 20.1. The summed E-state index contributed by atoms with van der Waals surface area (Å²) in [5.41, 5.74) is 6.31. The van der Waals surface area contributed by atoms with Crippen molar-refractivity contribution < 1.29 is 23.7 Å². The van der Waals surface area contributed by atoms with Gasteiger partial charge in [-0.25, -0.2) is 4.79 Å². The second kappa shape index (κ2) is 9.18. The molecule has 1 aromatic carbocycles. The molecule has 0 aliphatic carbocycles. The third-order valence-corrected chi connectivity index (χ3v) is 2.22. The van der Waals surface area contributed by atoms with Crippen molar-refractivity contribution in [2.75, 3.05) is 45.9 Å². The van der Waals surface area contributed by atoms with Crippen LogP contribution in [0.15, 0.2) is 24.3 Å². The molecule has 0 aliphatic rings. The van der Waals surface area contributed by atoms with Crippen molar-refractivity contribution >= 4 is 11.7 Å². The van der Waals surface area contributed by atoms with E-state index in [-0.39, 0.29) is 6.61 Å². The quantitative estimate of drug-likeness (QED) is 0.407. The van der Waals surface area contributed by atoms with Crippen LogP contribution in [-0.4, -0.2) is 46.1 Å². The van der Waals surface area contributed by atoms with Gasteiger partial charge in [0.2, 0.25) is 0 Å². The molecule has 1 rings (SSSR count). The van der Waals surface area contributed by atoms with Gasteiger partial charge in [-0.2, -0.15) is 0 Å². The lowest BCUT2D eigenvalue weighted by molar-refractivity contribution is -0.146. The first-order valence-corrected chi connectivity index (χ1v) is 5.93. The van der Waals surface area contributed by atoms with E-state index in [1.54, 1.807) is 12.1 Å². The topological polar surface area (TPSA) is 80.0 Å². The van der Waals surface area contributed by atoms with Gasteiger partial charge in [0, 0.05) is 0 Å². The molecule has 0 unspecified atom stereocenters. The highest BCUT2D eigenvalue weighted by Gasteiger charge is 2.00. The second-order valence-corrected chi connectivity index (χ2v) is 3.63. The third kappa shape index (κ3) is 6.64. The van der Waals surface area contributed by atoms with Crippen LogP contribution in [-0.2, 0) is 19.0 Å². The van der Waals surface area contributed by atoms with Gasteiger partial charge in [0.15, 0.2) is 0 Å². The number of benzene rings is 1. The van der Waals surface area contributed by atoms with Crippen LogP contribution in [0.2, 0.25) is 0 Å². The first kappa shape index (κ1) is 15.3. The van der Waals surface area contributed by atoms with Crippen molar-refractivity contribution in [1.82, 2.24) is 0 Å². The SMILES string of the molecule is COC(=O)COCCOCCOc1ccccc1N. The van der Waals surface area contributed by atoms with Gasteiger partial charge in [-0.15, -0.1) is 0 Å². The molecule has 1 aromatic rings. The molecule has 0 bridgehead atoms. The van der Waals surface area contributed by atoms with Gasteiger partial charge in [0.25, 0.3) is 0 Å². The van der Waals surface area contributed by atoms with Crippen LogP contribution in [0.1, 0.15) is 0 Å². The molecule has 0 amide bonds. The average Bonchev–Trinajstić information content (AvgIpc) is 2.43. The summed E-state index contributed by atoms with van der Waals surface area (Å²) in [4.78, 5) is 10.7. The van der Waals surface area contributed by atoms with E-state index in [1.165, 1.54) is 7.11 Å². The summed E-state index contributed by atoms with van der Waals surface area (Å²) in [5, 5.41) is 0. The summed E-state index contributed by atoms with van der Waals surface area (Å²) in [6.07, 6.45) is 0. The Balaban J connectivity index is 1.97. The summed E-state index contributed by atoms with van der Waals surface area (Å²) in [7, 11) is 1.31. The lowest BCUT2D eigenvalue weighted by Crippen LogP contribution is -2.15. The molecule has 0 atom stereocenters. The fourth-order valence-corrected chi connectivity index (χ4v) is 1.26. The van der Waals surface area contributed by atoms with Gasteiger partial charge >= 0.3 is 5.97 Å². The Bertz CT molecular complexity index is 383. The molecule has 0 saturated heterocycles. The molecule has 106 valence electrons. The number of anilines is 1. The number of hydrogen-bond donors (Lipinski definition) is 1. The van der Waals surface area contributed by atoms with Crippen molar-refractivity contribution in [3.8, 4) is 5.75 Å². The molecular formula is C13H19NO5. The minimum absolute atomic E-state index is 0.0586. The third-order valence-electron chi connectivity index (χ3n) is 2.22. The van der Waals surface area contributed by atoms with Gasteiger partial charge in [-0.3, -0.25) is 0 Å². The minimum Gasteiger partial charge on any atom is -0.489 e. The molecular weight excluding hydrogens is 250 g/mol. The average molecular weight is 269 g/mol. The van der Waals surface area contributed by atoms with Crippen LogP contribution < -0.4 is 10.5 Å². The molecule has 0 aliphatic heterocycles. The van der Waals surface area contributed by atoms with Crippen LogP contribution in [0.4, 0.5) is 5.69 Å². The molecule has 0 radical (unpaired) electrons. The number of rotatable bonds is 9. The maximum absolute atomic E-state index is 10.7. The molecule has 6 heteroatoms. The van der Waals surface area contributed by atoms with Crippen LogP contribution in [0.25, 0.3) is 0 Å². The van der Waals surface area contributed by atoms with Crippen molar-refractivity contribution in [1.29, 1.82) is 0 Å². The van der Waals surface area contributed by atoms with Gasteiger partial charge in [0.05, 0.1) is 32.6 Å². The molecule has 0 spiro atoms. The van der Waals surface area contributed by atoms with Gasteiger partial charge in [0.1, 0.15) is 19.0 Å². The van der Waals surface area contributed by atoms with Crippen LogP contribution in [0.3, 0.4) is 0 Å². The fraction of sp³-hybridized carbons (Fsp3) is 0.462. The Morgan fingerprint density at radius 1 is 1.11 bits per heavy atom. The molecule has 6 nitrogen and oxygen atoms in total. The highest BCUT2D eigenvalue weighted by atomic mass is 16.6. The number of carbonyl (C=O) groups excluding carboxylic acids is 1. The maximum atomic E-state index is 10.7. The van der Waals surface area contributed by atoms with E-state index >= 15 is 0 Å². The molecule has 19 heavy (non-hydrogen) atoms.